The minimum absolute atomic E-state index is 0.166. The van der Waals surface area contributed by atoms with Crippen molar-refractivity contribution in [2.24, 2.45) is 5.92 Å². The maximum Gasteiger partial charge on any atom is 0.305 e. The van der Waals surface area contributed by atoms with Crippen molar-refractivity contribution in [2.75, 3.05) is 32.7 Å². The van der Waals surface area contributed by atoms with Crippen LogP contribution in [0.25, 0.3) is 5.52 Å². The Hall–Kier alpha value is -2.70. The average molecular weight is 501 g/mol. The first-order valence-corrected chi connectivity index (χ1v) is 14.3. The number of hydrogen-bond donors (Lipinski definition) is 1. The highest BCUT2D eigenvalue weighted by Gasteiger charge is 2.46. The van der Waals surface area contributed by atoms with Gasteiger partial charge in [-0.05, 0) is 62.4 Å². The van der Waals surface area contributed by atoms with E-state index in [1.165, 1.54) is 23.3 Å². The minimum atomic E-state index is -0.643. The Kier molecular flexibility index (Phi) is 7.04. The van der Waals surface area contributed by atoms with Crippen LogP contribution in [0.3, 0.4) is 0 Å². The van der Waals surface area contributed by atoms with Gasteiger partial charge >= 0.3 is 5.97 Å². The van der Waals surface area contributed by atoms with Gasteiger partial charge in [-0.25, -0.2) is 4.98 Å². The lowest BCUT2D eigenvalue weighted by atomic mass is 9.78. The Balaban J connectivity index is 1.17. The maximum absolute atomic E-state index is 11.9. The van der Waals surface area contributed by atoms with Crippen LogP contribution in [0.5, 0.6) is 0 Å². The van der Waals surface area contributed by atoms with Crippen LogP contribution in [0.4, 0.5) is 0 Å². The summed E-state index contributed by atoms with van der Waals surface area (Å²) in [5.74, 6) is 2.06. The van der Waals surface area contributed by atoms with Gasteiger partial charge in [0.05, 0.1) is 18.1 Å². The van der Waals surface area contributed by atoms with E-state index in [9.17, 15) is 9.90 Å². The summed E-state index contributed by atoms with van der Waals surface area (Å²) < 4.78 is 2.26. The van der Waals surface area contributed by atoms with E-state index in [2.05, 4.69) is 68.9 Å². The summed E-state index contributed by atoms with van der Waals surface area (Å²) >= 11 is 0. The van der Waals surface area contributed by atoms with Crippen molar-refractivity contribution < 1.29 is 9.90 Å². The van der Waals surface area contributed by atoms with Crippen LogP contribution in [0.1, 0.15) is 74.6 Å². The molecule has 2 saturated heterocycles. The molecule has 3 aromatic rings. The number of aromatic nitrogens is 2. The van der Waals surface area contributed by atoms with Gasteiger partial charge < -0.3 is 14.4 Å². The monoisotopic (exact) mass is 500 g/mol. The fraction of sp³-hybridized carbons (Fsp3) is 0.548. The zero-order chi connectivity index (χ0) is 25.2. The number of imidazole rings is 1. The number of rotatable bonds is 7. The van der Waals surface area contributed by atoms with Gasteiger partial charge in [0.15, 0.2) is 0 Å². The van der Waals surface area contributed by atoms with E-state index >= 15 is 0 Å². The quantitative estimate of drug-likeness (QED) is 0.470. The standard InChI is InChI=1S/C31H40N4O2/c36-29(37)19-31(14-6-2-7-15-31)34-22-26(28(23-34)24-9-3-1-4-10-24)21-33-17-12-25(13-18-33)30-32-20-27-11-5-8-16-35(27)30/h1,3-5,8-11,16,20,25-26,28H,2,6-7,12-15,17-19,21-23H2,(H,36,37). The third kappa shape index (κ3) is 5.06. The van der Waals surface area contributed by atoms with Crippen molar-refractivity contribution in [3.63, 3.8) is 0 Å². The molecule has 0 bridgehead atoms. The number of aliphatic carboxylic acids is 1. The number of benzene rings is 1. The smallest absolute Gasteiger partial charge is 0.305 e. The minimum Gasteiger partial charge on any atom is -0.481 e. The molecule has 1 saturated carbocycles. The summed E-state index contributed by atoms with van der Waals surface area (Å²) in [6.07, 6.45) is 12.3. The van der Waals surface area contributed by atoms with Crippen LogP contribution in [-0.4, -0.2) is 68.5 Å². The molecule has 4 heterocycles. The maximum atomic E-state index is 11.9. The molecule has 37 heavy (non-hydrogen) atoms. The summed E-state index contributed by atoms with van der Waals surface area (Å²) in [6.45, 7) is 5.29. The fourth-order valence-electron chi connectivity index (χ4n) is 7.59. The van der Waals surface area contributed by atoms with Crippen LogP contribution in [0.15, 0.2) is 60.9 Å². The summed E-state index contributed by atoms with van der Waals surface area (Å²) in [7, 11) is 0. The van der Waals surface area contributed by atoms with Gasteiger partial charge in [0.2, 0.25) is 0 Å². The molecule has 1 N–H and O–H groups in total. The molecule has 1 aromatic carbocycles. The van der Waals surface area contributed by atoms with Crippen molar-refractivity contribution in [3.05, 3.63) is 72.3 Å². The molecular formula is C31H40N4O2. The second kappa shape index (κ2) is 10.6. The van der Waals surface area contributed by atoms with Gasteiger partial charge in [-0.15, -0.1) is 0 Å². The largest absolute Gasteiger partial charge is 0.481 e. The predicted octanol–water partition coefficient (Wildman–Crippen LogP) is 5.41. The van der Waals surface area contributed by atoms with Crippen molar-refractivity contribution >= 4 is 11.5 Å². The first-order chi connectivity index (χ1) is 18.1. The number of hydrogen-bond acceptors (Lipinski definition) is 4. The number of piperidine rings is 1. The number of carbonyl (C=O) groups is 1. The molecule has 2 unspecified atom stereocenters. The molecule has 0 amide bonds. The van der Waals surface area contributed by atoms with Gasteiger partial charge in [-0.3, -0.25) is 9.69 Å². The molecular weight excluding hydrogens is 460 g/mol. The first-order valence-electron chi connectivity index (χ1n) is 14.3. The van der Waals surface area contributed by atoms with E-state index in [1.807, 2.05) is 6.20 Å². The highest BCUT2D eigenvalue weighted by Crippen LogP contribution is 2.44. The molecule has 2 atom stereocenters. The number of likely N-dealkylation sites (tertiary alicyclic amines) is 2. The van der Waals surface area contributed by atoms with E-state index in [1.54, 1.807) is 0 Å². The Labute approximate surface area is 220 Å². The molecule has 3 fully saturated rings. The third-order valence-corrected chi connectivity index (χ3v) is 9.52. The lowest BCUT2D eigenvalue weighted by molar-refractivity contribution is -0.141. The highest BCUT2D eigenvalue weighted by atomic mass is 16.4. The predicted molar refractivity (Wildman–Crippen MR) is 146 cm³/mol. The topological polar surface area (TPSA) is 61.1 Å². The van der Waals surface area contributed by atoms with Crippen molar-refractivity contribution in [1.29, 1.82) is 0 Å². The second-order valence-electron chi connectivity index (χ2n) is 11.7. The van der Waals surface area contributed by atoms with E-state index in [0.29, 0.717) is 17.8 Å². The van der Waals surface area contributed by atoms with E-state index in [-0.39, 0.29) is 12.0 Å². The zero-order valence-corrected chi connectivity index (χ0v) is 21.8. The molecule has 6 rings (SSSR count). The third-order valence-electron chi connectivity index (χ3n) is 9.52. The zero-order valence-electron chi connectivity index (χ0n) is 21.8. The van der Waals surface area contributed by atoms with Gasteiger partial charge in [0.1, 0.15) is 5.82 Å². The Morgan fingerprint density at radius 1 is 0.973 bits per heavy atom. The van der Waals surface area contributed by atoms with Gasteiger partial charge in [-0.2, -0.15) is 0 Å². The Bertz CT molecular complexity index is 1190. The first kappa shape index (κ1) is 24.6. The molecule has 196 valence electrons. The van der Waals surface area contributed by atoms with Crippen molar-refractivity contribution in [1.82, 2.24) is 19.2 Å². The summed E-state index contributed by atoms with van der Waals surface area (Å²) in [6, 6.07) is 17.3. The average Bonchev–Trinajstić information content (AvgIpc) is 3.55. The normalized spacial score (nSPS) is 25.5. The lowest BCUT2D eigenvalue weighted by Gasteiger charge is -2.44. The highest BCUT2D eigenvalue weighted by molar-refractivity contribution is 5.68. The number of nitrogens with zero attached hydrogens (tertiary/aromatic N) is 4. The molecule has 0 spiro atoms. The Morgan fingerprint density at radius 3 is 2.49 bits per heavy atom. The van der Waals surface area contributed by atoms with E-state index in [0.717, 1.165) is 71.2 Å². The van der Waals surface area contributed by atoms with Crippen LogP contribution in [0.2, 0.25) is 0 Å². The lowest BCUT2D eigenvalue weighted by Crippen LogP contribution is -2.50. The van der Waals surface area contributed by atoms with Crippen molar-refractivity contribution in [2.45, 2.75) is 68.7 Å². The van der Waals surface area contributed by atoms with E-state index < -0.39 is 5.97 Å². The van der Waals surface area contributed by atoms with Gasteiger partial charge in [-0.1, -0.05) is 55.7 Å². The SMILES string of the molecule is O=C(O)CC1(N2CC(CN3CCC(c4ncc5ccccn45)CC3)C(c3ccccc3)C2)CCCCC1. The summed E-state index contributed by atoms with van der Waals surface area (Å²) in [5, 5.41) is 9.83. The van der Waals surface area contributed by atoms with Crippen LogP contribution < -0.4 is 0 Å². The molecule has 6 heteroatoms. The molecule has 3 aliphatic rings. The van der Waals surface area contributed by atoms with Crippen LogP contribution in [-0.2, 0) is 4.79 Å². The second-order valence-corrected chi connectivity index (χ2v) is 11.7. The number of carboxylic acids is 1. The van der Waals surface area contributed by atoms with Crippen LogP contribution in [0, 0.1) is 5.92 Å². The number of fused-ring (bicyclic) bond motifs is 1. The Morgan fingerprint density at radius 2 is 1.73 bits per heavy atom. The van der Waals surface area contributed by atoms with Gasteiger partial charge in [0.25, 0.3) is 0 Å². The number of carboxylic acid groups (broad SMARTS) is 1. The van der Waals surface area contributed by atoms with Crippen LogP contribution >= 0.6 is 0 Å². The molecule has 1 aliphatic carbocycles. The van der Waals surface area contributed by atoms with Crippen molar-refractivity contribution in [3.8, 4) is 0 Å². The number of pyridine rings is 1. The van der Waals surface area contributed by atoms with E-state index in [4.69, 9.17) is 4.98 Å². The molecule has 2 aliphatic heterocycles. The fourth-order valence-corrected chi connectivity index (χ4v) is 7.59. The summed E-state index contributed by atoms with van der Waals surface area (Å²) in [4.78, 5) is 22.0. The van der Waals surface area contributed by atoms with Gasteiger partial charge in [0, 0.05) is 43.2 Å². The summed E-state index contributed by atoms with van der Waals surface area (Å²) in [5.41, 5.74) is 2.42. The molecule has 0 radical (unpaired) electrons. The molecule has 6 nitrogen and oxygen atoms in total. The molecule has 2 aromatic heterocycles.